The van der Waals surface area contributed by atoms with Crippen molar-refractivity contribution in [2.45, 2.75) is 100 Å². The average molecular weight is 535 g/mol. The Morgan fingerprint density at radius 3 is 2.00 bits per heavy atom. The van der Waals surface area contributed by atoms with Crippen molar-refractivity contribution in [1.29, 1.82) is 0 Å². The van der Waals surface area contributed by atoms with E-state index in [9.17, 15) is 13.2 Å². The average Bonchev–Trinajstić information content (AvgIpc) is 3.39. The molecule has 1 heterocycles. The van der Waals surface area contributed by atoms with E-state index in [0.717, 1.165) is 25.7 Å². The maximum absolute atomic E-state index is 13.4. The maximum atomic E-state index is 13.4. The fourth-order valence-electron chi connectivity index (χ4n) is 5.49. The van der Waals surface area contributed by atoms with Gasteiger partial charge < -0.3 is 9.32 Å². The van der Waals surface area contributed by atoms with Crippen molar-refractivity contribution in [2.24, 2.45) is 0 Å². The van der Waals surface area contributed by atoms with Gasteiger partial charge in [-0.25, -0.2) is 8.42 Å². The van der Waals surface area contributed by atoms with E-state index >= 15 is 0 Å². The second kappa shape index (κ2) is 12.6. The minimum Gasteiger partial charge on any atom is -0.411 e. The Bertz CT molecular complexity index is 1070. The number of nitrogens with zero attached hydrogens (tertiary/aromatic N) is 4. The molecule has 1 aromatic carbocycles. The Labute approximate surface area is 219 Å². The van der Waals surface area contributed by atoms with Crippen LogP contribution in [0.15, 0.2) is 38.8 Å². The summed E-state index contributed by atoms with van der Waals surface area (Å²) in [5, 5.41) is 8.60. The molecule has 1 amide bonds. The van der Waals surface area contributed by atoms with Crippen LogP contribution in [-0.4, -0.2) is 64.7 Å². The molecule has 0 unspecified atom stereocenters. The molecule has 0 atom stereocenters. The molecular weight excluding hydrogens is 496 g/mol. The van der Waals surface area contributed by atoms with E-state index in [-0.39, 0.29) is 16.6 Å². The third kappa shape index (κ3) is 6.31. The van der Waals surface area contributed by atoms with Crippen molar-refractivity contribution in [3.8, 4) is 11.5 Å². The molecule has 0 N–H and O–H groups in total. The highest BCUT2D eigenvalue weighted by atomic mass is 32.2. The number of rotatable bonds is 10. The zero-order valence-corrected chi connectivity index (χ0v) is 23.0. The maximum Gasteiger partial charge on any atom is 0.277 e. The predicted molar refractivity (Wildman–Crippen MR) is 141 cm³/mol. The summed E-state index contributed by atoms with van der Waals surface area (Å²) in [6.45, 7) is 4.48. The first-order valence-electron chi connectivity index (χ1n) is 13.3. The van der Waals surface area contributed by atoms with Gasteiger partial charge in [0.1, 0.15) is 0 Å². The molecule has 4 rings (SSSR count). The molecule has 2 aliphatic carbocycles. The van der Waals surface area contributed by atoms with Crippen molar-refractivity contribution in [2.75, 3.05) is 18.8 Å². The Morgan fingerprint density at radius 1 is 0.917 bits per heavy atom. The lowest BCUT2D eigenvalue weighted by Crippen LogP contribution is -2.49. The van der Waals surface area contributed by atoms with Crippen molar-refractivity contribution in [1.82, 2.24) is 19.4 Å². The van der Waals surface area contributed by atoms with E-state index in [1.165, 1.54) is 54.6 Å². The van der Waals surface area contributed by atoms with E-state index in [2.05, 4.69) is 15.1 Å². The van der Waals surface area contributed by atoms with Crippen molar-refractivity contribution in [3.63, 3.8) is 0 Å². The molecule has 0 aliphatic heterocycles. The second-order valence-corrected chi connectivity index (χ2v) is 12.5. The van der Waals surface area contributed by atoms with E-state index in [4.69, 9.17) is 4.42 Å². The van der Waals surface area contributed by atoms with Crippen molar-refractivity contribution >= 4 is 27.7 Å². The van der Waals surface area contributed by atoms with Crippen LogP contribution in [0.25, 0.3) is 11.5 Å². The van der Waals surface area contributed by atoms with Gasteiger partial charge in [-0.3, -0.25) is 4.79 Å². The molecule has 36 heavy (non-hydrogen) atoms. The summed E-state index contributed by atoms with van der Waals surface area (Å²) >= 11 is 1.28. The van der Waals surface area contributed by atoms with Gasteiger partial charge in [0.15, 0.2) is 0 Å². The number of amides is 1. The number of sulfonamides is 1. The number of benzene rings is 1. The van der Waals surface area contributed by atoms with Gasteiger partial charge in [0.25, 0.3) is 5.22 Å². The molecule has 10 heteroatoms. The molecule has 0 saturated heterocycles. The lowest BCUT2D eigenvalue weighted by atomic mass is 9.88. The van der Waals surface area contributed by atoms with Gasteiger partial charge in [0.2, 0.25) is 21.8 Å². The highest BCUT2D eigenvalue weighted by Crippen LogP contribution is 2.32. The molecule has 0 radical (unpaired) electrons. The largest absolute Gasteiger partial charge is 0.411 e. The number of carbonyl (C=O) groups excluding carboxylic acids is 1. The highest BCUT2D eigenvalue weighted by molar-refractivity contribution is 7.99. The predicted octanol–water partition coefficient (Wildman–Crippen LogP) is 5.35. The van der Waals surface area contributed by atoms with Gasteiger partial charge in [0.05, 0.1) is 10.6 Å². The molecule has 1 aromatic heterocycles. The summed E-state index contributed by atoms with van der Waals surface area (Å²) in [6.07, 6.45) is 11.8. The SMILES string of the molecule is CCN(CC)S(=O)(=O)c1ccc(-c2nnc(SCC(=O)N(C3CCCCC3)C3CCCCC3)o2)cc1. The lowest BCUT2D eigenvalue weighted by Gasteiger charge is -2.41. The topological polar surface area (TPSA) is 96.6 Å². The molecule has 2 fully saturated rings. The summed E-state index contributed by atoms with van der Waals surface area (Å²) in [4.78, 5) is 15.8. The zero-order chi connectivity index (χ0) is 25.5. The normalized spacial score (nSPS) is 18.0. The first-order valence-corrected chi connectivity index (χ1v) is 15.7. The summed E-state index contributed by atoms with van der Waals surface area (Å²) in [7, 11) is -3.52. The number of hydrogen-bond donors (Lipinski definition) is 0. The minimum absolute atomic E-state index is 0.171. The third-order valence-electron chi connectivity index (χ3n) is 7.39. The zero-order valence-electron chi connectivity index (χ0n) is 21.4. The van der Waals surface area contributed by atoms with Crippen molar-refractivity contribution in [3.05, 3.63) is 24.3 Å². The van der Waals surface area contributed by atoms with Crippen LogP contribution in [0.5, 0.6) is 0 Å². The number of aromatic nitrogens is 2. The van der Waals surface area contributed by atoms with Crippen LogP contribution in [0.3, 0.4) is 0 Å². The van der Waals surface area contributed by atoms with Crippen LogP contribution in [0.2, 0.25) is 0 Å². The van der Waals surface area contributed by atoms with E-state index in [1.807, 2.05) is 13.8 Å². The first kappa shape index (κ1) is 27.1. The molecular formula is C26H38N4O4S2. The molecule has 2 saturated carbocycles. The van der Waals surface area contributed by atoms with Crippen molar-refractivity contribution < 1.29 is 17.6 Å². The third-order valence-corrected chi connectivity index (χ3v) is 10.3. The lowest BCUT2D eigenvalue weighted by molar-refractivity contribution is -0.135. The summed E-state index contributed by atoms with van der Waals surface area (Å²) in [5.41, 5.74) is 0.644. The van der Waals surface area contributed by atoms with Gasteiger partial charge >= 0.3 is 0 Å². The smallest absolute Gasteiger partial charge is 0.277 e. The molecule has 0 bridgehead atoms. The van der Waals surface area contributed by atoms with Crippen LogP contribution < -0.4 is 0 Å². The summed E-state index contributed by atoms with van der Waals surface area (Å²) in [6, 6.07) is 7.21. The van der Waals surface area contributed by atoms with Gasteiger partial charge in [-0.05, 0) is 49.9 Å². The van der Waals surface area contributed by atoms with Gasteiger partial charge in [-0.2, -0.15) is 4.31 Å². The van der Waals surface area contributed by atoms with Gasteiger partial charge in [-0.1, -0.05) is 64.1 Å². The second-order valence-electron chi connectivity index (χ2n) is 9.66. The quantitative estimate of drug-likeness (QED) is 0.379. The van der Waals surface area contributed by atoms with Crippen LogP contribution in [0, 0.1) is 0 Å². The van der Waals surface area contributed by atoms with Gasteiger partial charge in [-0.15, -0.1) is 10.2 Å². The van der Waals surface area contributed by atoms with E-state index < -0.39 is 10.0 Å². The van der Waals surface area contributed by atoms with Crippen LogP contribution in [0.4, 0.5) is 0 Å². The Balaban J connectivity index is 1.40. The molecule has 8 nitrogen and oxygen atoms in total. The minimum atomic E-state index is -3.52. The standard InChI is InChI=1S/C26H38N4O4S2/c1-3-29(4-2)36(32,33)23-17-15-20(16-18-23)25-27-28-26(34-25)35-19-24(31)30(21-11-7-5-8-12-21)22-13-9-6-10-14-22/h15-18,21-22H,3-14,19H2,1-2H3. The van der Waals surface area contributed by atoms with E-state index in [1.54, 1.807) is 24.3 Å². The van der Waals surface area contributed by atoms with Crippen LogP contribution in [-0.2, 0) is 14.8 Å². The van der Waals surface area contributed by atoms with Crippen LogP contribution in [0.1, 0.15) is 78.1 Å². The van der Waals surface area contributed by atoms with Gasteiger partial charge in [0, 0.05) is 30.7 Å². The number of carbonyl (C=O) groups is 1. The Morgan fingerprint density at radius 2 is 1.47 bits per heavy atom. The Kier molecular flexibility index (Phi) is 9.47. The first-order chi connectivity index (χ1) is 17.4. The fourth-order valence-corrected chi connectivity index (χ4v) is 7.58. The van der Waals surface area contributed by atoms with E-state index in [0.29, 0.717) is 41.9 Å². The molecule has 198 valence electrons. The number of thioether (sulfide) groups is 1. The Hall–Kier alpha value is -1.91. The molecule has 2 aromatic rings. The number of hydrogen-bond acceptors (Lipinski definition) is 7. The van der Waals surface area contributed by atoms with Crippen LogP contribution >= 0.6 is 11.8 Å². The highest BCUT2D eigenvalue weighted by Gasteiger charge is 2.32. The summed E-state index contributed by atoms with van der Waals surface area (Å²) in [5.74, 6) is 0.771. The monoisotopic (exact) mass is 534 g/mol. The molecule has 2 aliphatic rings. The fraction of sp³-hybridized carbons (Fsp3) is 0.654. The molecule has 0 spiro atoms. The summed E-state index contributed by atoms with van der Waals surface area (Å²) < 4.78 is 32.7.